The van der Waals surface area contributed by atoms with E-state index in [1.54, 1.807) is 20.8 Å². The van der Waals surface area contributed by atoms with Crippen LogP contribution in [0.1, 0.15) is 101 Å². The Morgan fingerprint density at radius 3 is 2.32 bits per heavy atom. The first-order valence-electron chi connectivity index (χ1n) is 14.3. The van der Waals surface area contributed by atoms with Crippen molar-refractivity contribution < 1.29 is 34.0 Å². The van der Waals surface area contributed by atoms with Crippen LogP contribution in [0.2, 0.25) is 0 Å². The maximum Gasteiger partial charge on any atom is 0.308 e. The van der Waals surface area contributed by atoms with E-state index in [-0.39, 0.29) is 60.3 Å². The quantitative estimate of drug-likeness (QED) is 0.335. The van der Waals surface area contributed by atoms with Crippen molar-refractivity contribution in [3.63, 3.8) is 0 Å². The Kier molecular flexibility index (Phi) is 11.6. The molecule has 2 aliphatic rings. The standard InChI is InChI=1S/C31H52O7/c1-10-19(2)29(35)36-26-18-24(37-30(4,5)6)15-21-12-11-20(3)25(28(21)26)14-13-22(32)16-23(33)17-27(34)38-31(7,8)9/h11-12,15,19-20,22-26,28,32-33H,10,13-14,16-18H2,1-9H3/t19-,20-,22+,23+,24+,25-,26-,28-/m0/s1. The highest BCUT2D eigenvalue weighted by atomic mass is 16.6. The van der Waals surface area contributed by atoms with Gasteiger partial charge in [-0.1, -0.05) is 39.0 Å². The van der Waals surface area contributed by atoms with E-state index in [4.69, 9.17) is 14.2 Å². The van der Waals surface area contributed by atoms with Crippen LogP contribution < -0.4 is 0 Å². The first kappa shape index (κ1) is 32.5. The number of aliphatic hydroxyl groups is 2. The van der Waals surface area contributed by atoms with Crippen LogP contribution in [0, 0.1) is 23.7 Å². The second kappa shape index (κ2) is 13.6. The zero-order chi connectivity index (χ0) is 28.8. The number of esters is 2. The normalized spacial score (nSPS) is 28.1. The molecule has 0 fully saturated rings. The van der Waals surface area contributed by atoms with E-state index in [2.05, 4.69) is 25.2 Å². The summed E-state index contributed by atoms with van der Waals surface area (Å²) >= 11 is 0. The smallest absolute Gasteiger partial charge is 0.308 e. The summed E-state index contributed by atoms with van der Waals surface area (Å²) in [7, 11) is 0. The molecule has 7 heteroatoms. The van der Waals surface area contributed by atoms with Gasteiger partial charge in [0.15, 0.2) is 0 Å². The van der Waals surface area contributed by atoms with Crippen molar-refractivity contribution >= 4 is 11.9 Å². The minimum atomic E-state index is -0.965. The Hall–Kier alpha value is -1.70. The number of carbonyl (C=O) groups excluding carboxylic acids is 2. The van der Waals surface area contributed by atoms with E-state index < -0.39 is 23.8 Å². The lowest BCUT2D eigenvalue weighted by atomic mass is 9.66. The number of hydrogen-bond acceptors (Lipinski definition) is 7. The number of rotatable bonds is 11. The first-order valence-corrected chi connectivity index (χ1v) is 14.3. The minimum absolute atomic E-state index is 0.0155. The van der Waals surface area contributed by atoms with Crippen molar-refractivity contribution in [3.05, 3.63) is 23.8 Å². The van der Waals surface area contributed by atoms with Crippen molar-refractivity contribution in [1.82, 2.24) is 0 Å². The van der Waals surface area contributed by atoms with Crippen molar-refractivity contribution in [1.29, 1.82) is 0 Å². The van der Waals surface area contributed by atoms with Gasteiger partial charge in [0, 0.05) is 12.3 Å². The van der Waals surface area contributed by atoms with Crippen LogP contribution >= 0.6 is 0 Å². The Balaban J connectivity index is 2.13. The van der Waals surface area contributed by atoms with Crippen molar-refractivity contribution in [2.75, 3.05) is 0 Å². The number of aliphatic hydroxyl groups excluding tert-OH is 2. The zero-order valence-corrected chi connectivity index (χ0v) is 25.0. The molecule has 0 heterocycles. The maximum absolute atomic E-state index is 12.9. The third-order valence-electron chi connectivity index (χ3n) is 7.34. The molecule has 7 nitrogen and oxygen atoms in total. The molecular formula is C31H52O7. The number of hydrogen-bond donors (Lipinski definition) is 2. The van der Waals surface area contributed by atoms with Gasteiger partial charge in [-0.25, -0.2) is 0 Å². The molecule has 0 saturated carbocycles. The summed E-state index contributed by atoms with van der Waals surface area (Å²) in [4.78, 5) is 24.9. The molecule has 0 aromatic rings. The molecule has 2 aliphatic carbocycles. The molecule has 38 heavy (non-hydrogen) atoms. The van der Waals surface area contributed by atoms with Crippen LogP contribution in [0.3, 0.4) is 0 Å². The second-order valence-corrected chi connectivity index (χ2v) is 13.3. The van der Waals surface area contributed by atoms with Gasteiger partial charge in [-0.15, -0.1) is 0 Å². The summed E-state index contributed by atoms with van der Waals surface area (Å²) in [5.41, 5.74) is 0.182. The summed E-state index contributed by atoms with van der Waals surface area (Å²) in [6.07, 6.45) is 6.78. The lowest BCUT2D eigenvalue weighted by Crippen LogP contribution is -2.44. The summed E-state index contributed by atoms with van der Waals surface area (Å²) in [6, 6.07) is 0. The van der Waals surface area contributed by atoms with Crippen LogP contribution in [-0.2, 0) is 23.8 Å². The van der Waals surface area contributed by atoms with Gasteiger partial charge in [0.25, 0.3) is 0 Å². The number of allylic oxidation sites excluding steroid dienone is 2. The summed E-state index contributed by atoms with van der Waals surface area (Å²) in [5.74, 6) is -0.413. The fraction of sp³-hybridized carbons (Fsp3) is 0.806. The predicted molar refractivity (Wildman–Crippen MR) is 148 cm³/mol. The Morgan fingerprint density at radius 1 is 1.08 bits per heavy atom. The molecule has 0 aromatic heterocycles. The molecule has 0 aromatic carbocycles. The van der Waals surface area contributed by atoms with Gasteiger partial charge in [-0.05, 0) is 84.6 Å². The third kappa shape index (κ3) is 10.5. The Labute approximate surface area is 230 Å². The van der Waals surface area contributed by atoms with Gasteiger partial charge in [0.2, 0.25) is 0 Å². The van der Waals surface area contributed by atoms with Crippen molar-refractivity contribution in [2.45, 2.75) is 136 Å². The average molecular weight is 537 g/mol. The zero-order valence-electron chi connectivity index (χ0n) is 25.0. The van der Waals surface area contributed by atoms with Crippen molar-refractivity contribution in [2.24, 2.45) is 23.7 Å². The van der Waals surface area contributed by atoms with Crippen molar-refractivity contribution in [3.8, 4) is 0 Å². The van der Waals surface area contributed by atoms with E-state index in [1.165, 1.54) is 0 Å². The fourth-order valence-corrected chi connectivity index (χ4v) is 5.41. The molecule has 0 saturated heterocycles. The lowest BCUT2D eigenvalue weighted by Gasteiger charge is -2.44. The van der Waals surface area contributed by atoms with E-state index in [9.17, 15) is 19.8 Å². The van der Waals surface area contributed by atoms with Crippen LogP contribution in [0.4, 0.5) is 0 Å². The van der Waals surface area contributed by atoms with E-state index in [0.717, 1.165) is 12.0 Å². The molecule has 0 bridgehead atoms. The molecular weight excluding hydrogens is 484 g/mol. The summed E-state index contributed by atoms with van der Waals surface area (Å²) < 4.78 is 17.7. The largest absolute Gasteiger partial charge is 0.461 e. The molecule has 218 valence electrons. The third-order valence-corrected chi connectivity index (χ3v) is 7.34. The second-order valence-electron chi connectivity index (χ2n) is 13.3. The molecule has 2 N–H and O–H groups in total. The molecule has 8 atom stereocenters. The Bertz CT molecular complexity index is 847. The minimum Gasteiger partial charge on any atom is -0.461 e. The maximum atomic E-state index is 12.9. The van der Waals surface area contributed by atoms with Gasteiger partial charge in [0.1, 0.15) is 11.7 Å². The lowest BCUT2D eigenvalue weighted by molar-refractivity contribution is -0.162. The van der Waals surface area contributed by atoms with Crippen LogP contribution in [0.5, 0.6) is 0 Å². The Morgan fingerprint density at radius 2 is 1.74 bits per heavy atom. The number of ether oxygens (including phenoxy) is 3. The van der Waals surface area contributed by atoms with E-state index in [0.29, 0.717) is 19.3 Å². The molecule has 0 spiro atoms. The van der Waals surface area contributed by atoms with Gasteiger partial charge in [-0.2, -0.15) is 0 Å². The SMILES string of the molecule is CC[C@H](C)C(=O)O[C@H]1C[C@H](OC(C)(C)C)C=C2C=C[C@H](C)[C@H](CC[C@@H](O)C[C@@H](O)CC(=O)OC(C)(C)C)[C@H]21. The van der Waals surface area contributed by atoms with Gasteiger partial charge < -0.3 is 24.4 Å². The van der Waals surface area contributed by atoms with Crippen LogP contribution in [0.15, 0.2) is 23.8 Å². The fourth-order valence-electron chi connectivity index (χ4n) is 5.41. The predicted octanol–water partition coefficient (Wildman–Crippen LogP) is 5.52. The highest BCUT2D eigenvalue weighted by Crippen LogP contribution is 2.45. The summed E-state index contributed by atoms with van der Waals surface area (Å²) in [5, 5.41) is 21.1. The monoisotopic (exact) mass is 536 g/mol. The topological polar surface area (TPSA) is 102 Å². The number of carbonyl (C=O) groups is 2. The average Bonchev–Trinajstić information content (AvgIpc) is 2.75. The number of fused-ring (bicyclic) bond motifs is 1. The molecule has 0 unspecified atom stereocenters. The molecule has 0 radical (unpaired) electrons. The highest BCUT2D eigenvalue weighted by molar-refractivity contribution is 5.72. The van der Waals surface area contributed by atoms with Crippen LogP contribution in [-0.4, -0.2) is 57.8 Å². The van der Waals surface area contributed by atoms with E-state index >= 15 is 0 Å². The van der Waals surface area contributed by atoms with E-state index in [1.807, 2.05) is 34.6 Å². The summed E-state index contributed by atoms with van der Waals surface area (Å²) in [6.45, 7) is 17.5. The molecule has 2 rings (SSSR count). The first-order chi connectivity index (χ1) is 17.5. The van der Waals surface area contributed by atoms with Crippen LogP contribution in [0.25, 0.3) is 0 Å². The van der Waals surface area contributed by atoms with Gasteiger partial charge in [0.05, 0.1) is 36.3 Å². The van der Waals surface area contributed by atoms with Gasteiger partial charge >= 0.3 is 11.9 Å². The van der Waals surface area contributed by atoms with Gasteiger partial charge in [-0.3, -0.25) is 9.59 Å². The molecule has 0 amide bonds. The highest BCUT2D eigenvalue weighted by Gasteiger charge is 2.43. The molecule has 0 aliphatic heterocycles.